The van der Waals surface area contributed by atoms with Crippen LogP contribution in [0.4, 0.5) is 5.69 Å². The van der Waals surface area contributed by atoms with Gasteiger partial charge in [0.05, 0.1) is 4.92 Å². The number of nitrogens with zero attached hydrogens (tertiary/aromatic N) is 1. The summed E-state index contributed by atoms with van der Waals surface area (Å²) in [7, 11) is 0. The monoisotopic (exact) mass is 221 g/mol. The Balaban J connectivity index is 2.14. The van der Waals surface area contributed by atoms with E-state index in [1.165, 1.54) is 12.1 Å². The molecule has 0 N–H and O–H groups in total. The van der Waals surface area contributed by atoms with Gasteiger partial charge in [0.2, 0.25) is 0 Å². The Kier molecular flexibility index (Phi) is 2.85. The first-order valence-electron chi connectivity index (χ1n) is 5.10. The average molecular weight is 221 g/mol. The molecular formula is C11H11NO4. The van der Waals surface area contributed by atoms with Crippen molar-refractivity contribution < 1.29 is 14.5 Å². The van der Waals surface area contributed by atoms with Crippen LogP contribution in [0, 0.1) is 10.1 Å². The number of benzene rings is 1. The van der Waals surface area contributed by atoms with Crippen molar-refractivity contribution in [1.29, 1.82) is 0 Å². The maximum Gasteiger partial charge on any atom is 0.306 e. The fourth-order valence-electron chi connectivity index (χ4n) is 1.75. The molecule has 5 nitrogen and oxygen atoms in total. The fraction of sp³-hybridized carbons (Fsp3) is 0.364. The van der Waals surface area contributed by atoms with Gasteiger partial charge in [-0.1, -0.05) is 0 Å². The van der Waals surface area contributed by atoms with Gasteiger partial charge in [-0.15, -0.1) is 0 Å². The van der Waals surface area contributed by atoms with E-state index in [1.807, 2.05) is 0 Å². The van der Waals surface area contributed by atoms with Crippen LogP contribution >= 0.6 is 0 Å². The Morgan fingerprint density at radius 3 is 2.56 bits per heavy atom. The molecule has 0 unspecified atom stereocenters. The Morgan fingerprint density at radius 1 is 1.31 bits per heavy atom. The lowest BCUT2D eigenvalue weighted by molar-refractivity contribution is -0.384. The van der Waals surface area contributed by atoms with Gasteiger partial charge in [0, 0.05) is 18.6 Å². The number of hydrogen-bond acceptors (Lipinski definition) is 4. The Hall–Kier alpha value is -1.91. The van der Waals surface area contributed by atoms with Gasteiger partial charge in [0.25, 0.3) is 5.69 Å². The molecule has 0 spiro atoms. The third-order valence-electron chi connectivity index (χ3n) is 2.60. The standard InChI is InChI=1S/C11H11NO4/c13-11-3-1-2-10(16-11)8-4-6-9(7-5-8)12(14)15/h4-7,10H,1-3H2/t10-/m0/s1. The van der Waals surface area contributed by atoms with Crippen molar-refractivity contribution in [3.63, 3.8) is 0 Å². The number of ether oxygens (including phenoxy) is 1. The molecule has 1 saturated heterocycles. The number of esters is 1. The summed E-state index contributed by atoms with van der Waals surface area (Å²) >= 11 is 0. The van der Waals surface area contributed by atoms with Crippen molar-refractivity contribution in [3.8, 4) is 0 Å². The number of rotatable bonds is 2. The van der Waals surface area contributed by atoms with Crippen LogP contribution < -0.4 is 0 Å². The van der Waals surface area contributed by atoms with E-state index in [1.54, 1.807) is 12.1 Å². The van der Waals surface area contributed by atoms with Crippen LogP contribution in [0.3, 0.4) is 0 Å². The third-order valence-corrected chi connectivity index (χ3v) is 2.60. The van der Waals surface area contributed by atoms with Crippen LogP contribution in [0.5, 0.6) is 0 Å². The molecule has 0 aliphatic carbocycles. The number of carbonyl (C=O) groups is 1. The summed E-state index contributed by atoms with van der Waals surface area (Å²) in [5.41, 5.74) is 0.865. The lowest BCUT2D eigenvalue weighted by Crippen LogP contribution is -2.16. The molecule has 0 amide bonds. The molecule has 0 aromatic heterocycles. The van der Waals surface area contributed by atoms with Gasteiger partial charge in [-0.2, -0.15) is 0 Å². The largest absolute Gasteiger partial charge is 0.457 e. The van der Waals surface area contributed by atoms with Crippen molar-refractivity contribution in [2.75, 3.05) is 0 Å². The zero-order valence-corrected chi connectivity index (χ0v) is 8.59. The zero-order chi connectivity index (χ0) is 11.5. The second-order valence-electron chi connectivity index (χ2n) is 3.72. The van der Waals surface area contributed by atoms with Crippen LogP contribution in [-0.4, -0.2) is 10.9 Å². The summed E-state index contributed by atoms with van der Waals surface area (Å²) < 4.78 is 5.16. The van der Waals surface area contributed by atoms with Gasteiger partial charge in [-0.25, -0.2) is 0 Å². The number of non-ortho nitro benzene ring substituents is 1. The highest BCUT2D eigenvalue weighted by molar-refractivity contribution is 5.70. The van der Waals surface area contributed by atoms with Crippen LogP contribution in [0.2, 0.25) is 0 Å². The second-order valence-corrected chi connectivity index (χ2v) is 3.72. The molecule has 84 valence electrons. The maximum atomic E-state index is 11.1. The molecule has 1 aromatic carbocycles. The van der Waals surface area contributed by atoms with Gasteiger partial charge < -0.3 is 4.74 Å². The van der Waals surface area contributed by atoms with Gasteiger partial charge in [0.15, 0.2) is 0 Å². The van der Waals surface area contributed by atoms with E-state index in [0.717, 1.165) is 18.4 Å². The molecule has 1 aliphatic heterocycles. The average Bonchev–Trinajstić information content (AvgIpc) is 2.29. The number of carbonyl (C=O) groups excluding carboxylic acids is 1. The first-order chi connectivity index (χ1) is 7.66. The van der Waals surface area contributed by atoms with Crippen molar-refractivity contribution in [1.82, 2.24) is 0 Å². The lowest BCUT2D eigenvalue weighted by Gasteiger charge is -2.22. The summed E-state index contributed by atoms with van der Waals surface area (Å²) in [5.74, 6) is -0.199. The summed E-state index contributed by atoms with van der Waals surface area (Å²) in [6, 6.07) is 6.14. The smallest absolute Gasteiger partial charge is 0.306 e. The molecule has 16 heavy (non-hydrogen) atoms. The highest BCUT2D eigenvalue weighted by atomic mass is 16.6. The minimum Gasteiger partial charge on any atom is -0.457 e. The summed E-state index contributed by atoms with van der Waals surface area (Å²) in [5, 5.41) is 10.5. The summed E-state index contributed by atoms with van der Waals surface area (Å²) in [6.07, 6.45) is 1.80. The molecular weight excluding hydrogens is 210 g/mol. The van der Waals surface area contributed by atoms with Crippen molar-refractivity contribution in [2.24, 2.45) is 0 Å². The third kappa shape index (κ3) is 2.18. The first kappa shape index (κ1) is 10.6. The quantitative estimate of drug-likeness (QED) is 0.436. The van der Waals surface area contributed by atoms with E-state index in [2.05, 4.69) is 0 Å². The summed E-state index contributed by atoms with van der Waals surface area (Å²) in [6.45, 7) is 0. The van der Waals surface area contributed by atoms with E-state index in [-0.39, 0.29) is 17.8 Å². The van der Waals surface area contributed by atoms with Gasteiger partial charge in [-0.05, 0) is 30.5 Å². The highest BCUT2D eigenvalue weighted by Gasteiger charge is 2.22. The van der Waals surface area contributed by atoms with Crippen LogP contribution in [0.1, 0.15) is 30.9 Å². The van der Waals surface area contributed by atoms with E-state index >= 15 is 0 Å². The van der Waals surface area contributed by atoms with E-state index in [4.69, 9.17) is 4.74 Å². The molecule has 1 aromatic rings. The minimum atomic E-state index is -0.448. The molecule has 1 aliphatic rings. The predicted molar refractivity (Wildman–Crippen MR) is 55.8 cm³/mol. The van der Waals surface area contributed by atoms with E-state index < -0.39 is 4.92 Å². The van der Waals surface area contributed by atoms with Crippen molar-refractivity contribution in [2.45, 2.75) is 25.4 Å². The Labute approximate surface area is 92.2 Å². The molecule has 1 heterocycles. The van der Waals surface area contributed by atoms with Gasteiger partial charge in [0.1, 0.15) is 6.10 Å². The fourth-order valence-corrected chi connectivity index (χ4v) is 1.75. The van der Waals surface area contributed by atoms with Gasteiger partial charge >= 0.3 is 5.97 Å². The van der Waals surface area contributed by atoms with E-state index in [0.29, 0.717) is 6.42 Å². The molecule has 2 rings (SSSR count). The predicted octanol–water partition coefficient (Wildman–Crippen LogP) is 2.36. The zero-order valence-electron chi connectivity index (χ0n) is 8.59. The number of cyclic esters (lactones) is 1. The SMILES string of the molecule is O=C1CCC[C@@H](c2ccc([N+](=O)[O-])cc2)O1. The Morgan fingerprint density at radius 2 is 2.00 bits per heavy atom. The number of nitro groups is 1. The van der Waals surface area contributed by atoms with E-state index in [9.17, 15) is 14.9 Å². The first-order valence-corrected chi connectivity index (χ1v) is 5.10. The molecule has 0 radical (unpaired) electrons. The maximum absolute atomic E-state index is 11.1. The molecule has 5 heteroatoms. The molecule has 1 atom stereocenters. The van der Waals surface area contributed by atoms with Crippen LogP contribution in [0.15, 0.2) is 24.3 Å². The summed E-state index contributed by atoms with van der Waals surface area (Å²) in [4.78, 5) is 21.1. The Bertz CT molecular complexity index is 412. The highest BCUT2D eigenvalue weighted by Crippen LogP contribution is 2.29. The molecule has 0 bridgehead atoms. The van der Waals surface area contributed by atoms with Crippen LogP contribution in [-0.2, 0) is 9.53 Å². The minimum absolute atomic E-state index is 0.0471. The normalized spacial score (nSPS) is 20.2. The number of hydrogen-bond donors (Lipinski definition) is 0. The molecule has 0 saturated carbocycles. The second kappa shape index (κ2) is 4.30. The topological polar surface area (TPSA) is 69.4 Å². The van der Waals surface area contributed by atoms with Crippen LogP contribution in [0.25, 0.3) is 0 Å². The van der Waals surface area contributed by atoms with Gasteiger partial charge in [-0.3, -0.25) is 14.9 Å². The molecule has 1 fully saturated rings. The number of nitro benzene ring substituents is 1. The van der Waals surface area contributed by atoms with Crippen molar-refractivity contribution >= 4 is 11.7 Å². The van der Waals surface area contributed by atoms with Crippen molar-refractivity contribution in [3.05, 3.63) is 39.9 Å². The lowest BCUT2D eigenvalue weighted by atomic mass is 10.0.